The quantitative estimate of drug-likeness (QED) is 0.154. The van der Waals surface area contributed by atoms with Crippen molar-refractivity contribution in [2.75, 3.05) is 71.8 Å². The number of amides is 3. The molecule has 1 aliphatic heterocycles. The number of imide groups is 1. The van der Waals surface area contributed by atoms with E-state index in [-0.39, 0.29) is 31.8 Å². The van der Waals surface area contributed by atoms with E-state index in [2.05, 4.69) is 15.9 Å². The van der Waals surface area contributed by atoms with E-state index >= 15 is 0 Å². The van der Waals surface area contributed by atoms with Gasteiger partial charge in [-0.05, 0) is 0 Å². The van der Waals surface area contributed by atoms with Crippen molar-refractivity contribution in [1.29, 1.82) is 0 Å². The van der Waals surface area contributed by atoms with Crippen molar-refractivity contribution in [3.8, 4) is 0 Å². The molecule has 0 unspecified atom stereocenters. The monoisotopic (exact) mass is 496 g/mol. The first kappa shape index (κ1) is 26.4. The molecule has 0 aromatic heterocycles. The average Bonchev–Trinajstić information content (AvgIpc) is 3.05. The number of halogens is 1. The van der Waals surface area contributed by atoms with Crippen LogP contribution >= 0.6 is 15.9 Å². The molecule has 0 aromatic rings. The van der Waals surface area contributed by atoms with Crippen LogP contribution in [0.4, 0.5) is 0 Å². The number of likely N-dealkylation sites (N-methyl/N-ethyl adjacent to an activating group) is 1. The van der Waals surface area contributed by atoms with Gasteiger partial charge >= 0.3 is 5.97 Å². The van der Waals surface area contributed by atoms with Crippen molar-refractivity contribution in [1.82, 2.24) is 9.96 Å². The molecule has 172 valence electrons. The highest BCUT2D eigenvalue weighted by molar-refractivity contribution is 9.09. The van der Waals surface area contributed by atoms with Gasteiger partial charge < -0.3 is 28.7 Å². The van der Waals surface area contributed by atoms with E-state index in [4.69, 9.17) is 23.8 Å². The maximum Gasteiger partial charge on any atom is 0.335 e. The fourth-order valence-corrected chi connectivity index (χ4v) is 2.58. The summed E-state index contributed by atoms with van der Waals surface area (Å²) < 4.78 is 21.3. The van der Waals surface area contributed by atoms with Gasteiger partial charge in [0, 0.05) is 26.4 Å². The molecular weight excluding hydrogens is 468 g/mol. The summed E-state index contributed by atoms with van der Waals surface area (Å²) in [5.41, 5.74) is 0. The first-order valence-corrected chi connectivity index (χ1v) is 10.7. The van der Waals surface area contributed by atoms with Crippen LogP contribution in [0, 0.1) is 0 Å². The average molecular weight is 497 g/mol. The summed E-state index contributed by atoms with van der Waals surface area (Å²) in [5.74, 6) is -1.71. The second kappa shape index (κ2) is 16.1. The Kier molecular flexibility index (Phi) is 14.2. The maximum atomic E-state index is 11.5. The summed E-state index contributed by atoms with van der Waals surface area (Å²) in [6, 6.07) is 0. The third kappa shape index (κ3) is 11.6. The van der Waals surface area contributed by atoms with Crippen molar-refractivity contribution in [2.24, 2.45) is 0 Å². The van der Waals surface area contributed by atoms with Gasteiger partial charge in [-0.2, -0.15) is 0 Å². The minimum Gasteiger partial charge on any atom is -0.378 e. The summed E-state index contributed by atoms with van der Waals surface area (Å²) in [6.07, 6.45) is 0.0579. The number of hydrogen-bond donors (Lipinski definition) is 0. The number of carbonyl (C=O) groups is 4. The van der Waals surface area contributed by atoms with E-state index in [0.29, 0.717) is 63.2 Å². The fourth-order valence-electron chi connectivity index (χ4n) is 2.15. The van der Waals surface area contributed by atoms with E-state index < -0.39 is 17.8 Å². The van der Waals surface area contributed by atoms with Crippen molar-refractivity contribution in [3.05, 3.63) is 0 Å². The summed E-state index contributed by atoms with van der Waals surface area (Å²) in [5, 5.41) is 0.813. The zero-order chi connectivity index (χ0) is 22.2. The standard InChI is InChI=1S/C18H29BrN2O9/c1-20(17(24)14-19)5-7-27-9-11-29-13-12-28-10-8-26-6-4-18(25)30-21-15(22)2-3-16(21)23/h2-14H2,1H3. The third-order valence-electron chi connectivity index (χ3n) is 3.88. The van der Waals surface area contributed by atoms with Gasteiger partial charge in [-0.25, -0.2) is 4.79 Å². The molecule has 3 amide bonds. The smallest absolute Gasteiger partial charge is 0.335 e. The summed E-state index contributed by atoms with van der Waals surface area (Å²) in [6.45, 7) is 3.38. The Morgan fingerprint density at radius 2 is 1.33 bits per heavy atom. The summed E-state index contributed by atoms with van der Waals surface area (Å²) in [7, 11) is 1.72. The van der Waals surface area contributed by atoms with Crippen LogP contribution in [-0.4, -0.2) is 105 Å². The van der Waals surface area contributed by atoms with Gasteiger partial charge in [0.25, 0.3) is 11.8 Å². The first-order chi connectivity index (χ1) is 14.5. The largest absolute Gasteiger partial charge is 0.378 e. The van der Waals surface area contributed by atoms with Crippen LogP contribution in [0.25, 0.3) is 0 Å². The molecule has 1 rings (SSSR count). The van der Waals surface area contributed by atoms with Gasteiger partial charge in [0.15, 0.2) is 0 Å². The van der Waals surface area contributed by atoms with Gasteiger partial charge in [0.1, 0.15) is 0 Å². The molecule has 0 saturated carbocycles. The van der Waals surface area contributed by atoms with Gasteiger partial charge in [-0.1, -0.05) is 15.9 Å². The van der Waals surface area contributed by atoms with Crippen LogP contribution in [0.3, 0.4) is 0 Å². The second-order valence-electron chi connectivity index (χ2n) is 6.19. The number of hydrogen-bond acceptors (Lipinski definition) is 9. The molecule has 0 aromatic carbocycles. The van der Waals surface area contributed by atoms with Gasteiger partial charge in [0.05, 0.1) is 64.6 Å². The minimum atomic E-state index is -0.698. The Bertz CT molecular complexity index is 546. The van der Waals surface area contributed by atoms with E-state index in [1.807, 2.05) is 0 Å². The van der Waals surface area contributed by atoms with Gasteiger partial charge in [-0.3, -0.25) is 14.4 Å². The van der Waals surface area contributed by atoms with E-state index in [1.165, 1.54) is 0 Å². The van der Waals surface area contributed by atoms with Crippen molar-refractivity contribution in [2.45, 2.75) is 19.3 Å². The minimum absolute atomic E-state index is 0.00553. The lowest BCUT2D eigenvalue weighted by molar-refractivity contribution is -0.198. The Labute approximate surface area is 183 Å². The van der Waals surface area contributed by atoms with E-state index in [1.54, 1.807) is 11.9 Å². The highest BCUT2D eigenvalue weighted by atomic mass is 79.9. The second-order valence-corrected chi connectivity index (χ2v) is 6.75. The van der Waals surface area contributed by atoms with E-state index in [9.17, 15) is 19.2 Å². The fraction of sp³-hybridized carbons (Fsp3) is 0.778. The number of alkyl halides is 1. The molecule has 11 nitrogen and oxygen atoms in total. The Hall–Kier alpha value is -1.60. The topological polar surface area (TPSA) is 121 Å². The third-order valence-corrected chi connectivity index (χ3v) is 4.36. The molecule has 1 aliphatic rings. The zero-order valence-corrected chi connectivity index (χ0v) is 18.7. The molecule has 0 bridgehead atoms. The SMILES string of the molecule is CN(CCOCCOCCOCCOCCC(=O)ON1C(=O)CCC1=O)C(=O)CBr. The first-order valence-electron chi connectivity index (χ1n) is 9.63. The number of rotatable bonds is 17. The highest BCUT2D eigenvalue weighted by Gasteiger charge is 2.32. The highest BCUT2D eigenvalue weighted by Crippen LogP contribution is 2.12. The summed E-state index contributed by atoms with van der Waals surface area (Å²) in [4.78, 5) is 51.8. The molecule has 1 fully saturated rings. The van der Waals surface area contributed by atoms with E-state index in [0.717, 1.165) is 0 Å². The molecule has 0 spiro atoms. The number of hydroxylamine groups is 2. The lowest BCUT2D eigenvalue weighted by atomic mass is 10.4. The van der Waals surface area contributed by atoms with Crippen LogP contribution < -0.4 is 0 Å². The van der Waals surface area contributed by atoms with Crippen LogP contribution in [0.15, 0.2) is 0 Å². The normalized spacial score (nSPS) is 13.7. The molecule has 1 saturated heterocycles. The van der Waals surface area contributed by atoms with Gasteiger partial charge in [0.2, 0.25) is 5.91 Å². The van der Waals surface area contributed by atoms with Crippen molar-refractivity contribution >= 4 is 39.6 Å². The van der Waals surface area contributed by atoms with Gasteiger partial charge in [-0.15, -0.1) is 5.06 Å². The molecule has 30 heavy (non-hydrogen) atoms. The maximum absolute atomic E-state index is 11.5. The van der Waals surface area contributed by atoms with Crippen molar-refractivity contribution in [3.63, 3.8) is 0 Å². The molecule has 12 heteroatoms. The molecule has 0 aliphatic carbocycles. The molecule has 0 N–H and O–H groups in total. The van der Waals surface area contributed by atoms with Crippen LogP contribution in [-0.2, 0) is 43.0 Å². The van der Waals surface area contributed by atoms with Crippen LogP contribution in [0.1, 0.15) is 19.3 Å². The zero-order valence-electron chi connectivity index (χ0n) is 17.1. The predicted octanol–water partition coefficient (Wildman–Crippen LogP) is -0.0966. The summed E-state index contributed by atoms with van der Waals surface area (Å²) >= 11 is 3.11. The number of nitrogens with zero attached hydrogens (tertiary/aromatic N) is 2. The van der Waals surface area contributed by atoms with Crippen molar-refractivity contribution < 1.29 is 43.0 Å². The Balaban J connectivity index is 1.82. The molecule has 1 heterocycles. The van der Waals surface area contributed by atoms with Crippen LogP contribution in [0.5, 0.6) is 0 Å². The Morgan fingerprint density at radius 3 is 1.83 bits per heavy atom. The predicted molar refractivity (Wildman–Crippen MR) is 107 cm³/mol. The lowest BCUT2D eigenvalue weighted by Gasteiger charge is -2.15. The lowest BCUT2D eigenvalue weighted by Crippen LogP contribution is -2.32. The number of carbonyl (C=O) groups excluding carboxylic acids is 4. The molecule has 0 radical (unpaired) electrons. The van der Waals surface area contributed by atoms with Crippen LogP contribution in [0.2, 0.25) is 0 Å². The molecule has 0 atom stereocenters. The Morgan fingerprint density at radius 1 is 0.867 bits per heavy atom. The molecular formula is C18H29BrN2O9. The number of ether oxygens (including phenoxy) is 4.